The highest BCUT2D eigenvalue weighted by Crippen LogP contribution is 2.19. The molecule has 0 aliphatic rings. The number of anilines is 1. The molecule has 2 aromatic rings. The molecule has 0 radical (unpaired) electrons. The third-order valence-electron chi connectivity index (χ3n) is 5.03. The Morgan fingerprint density at radius 3 is 2.28 bits per heavy atom. The lowest BCUT2D eigenvalue weighted by atomic mass is 10.1. The van der Waals surface area contributed by atoms with Crippen LogP contribution in [0.4, 0.5) is 5.69 Å². The van der Waals surface area contributed by atoms with E-state index in [0.29, 0.717) is 23.4 Å². The van der Waals surface area contributed by atoms with Gasteiger partial charge >= 0.3 is 0 Å². The van der Waals surface area contributed by atoms with E-state index in [2.05, 4.69) is 15.4 Å². The van der Waals surface area contributed by atoms with Crippen molar-refractivity contribution in [3.63, 3.8) is 0 Å². The number of hydrogen-bond acceptors (Lipinski definition) is 5. The van der Waals surface area contributed by atoms with Gasteiger partial charge in [-0.1, -0.05) is 30.3 Å². The molecule has 1 atom stereocenters. The lowest BCUT2D eigenvalue weighted by Gasteiger charge is -2.19. The molecule has 0 saturated carbocycles. The summed E-state index contributed by atoms with van der Waals surface area (Å²) in [6.45, 7) is 7.05. The molecule has 32 heavy (non-hydrogen) atoms. The maximum absolute atomic E-state index is 13.0. The zero-order valence-corrected chi connectivity index (χ0v) is 20.7. The second kappa shape index (κ2) is 11.5. The van der Waals surface area contributed by atoms with Crippen LogP contribution in [0.5, 0.6) is 0 Å². The van der Waals surface area contributed by atoms with Crippen molar-refractivity contribution in [2.45, 2.75) is 45.1 Å². The molecule has 7 nitrogen and oxygen atoms in total. The van der Waals surface area contributed by atoms with Crippen molar-refractivity contribution in [1.29, 1.82) is 0 Å². The second-order valence-electron chi connectivity index (χ2n) is 7.76. The van der Waals surface area contributed by atoms with Crippen LogP contribution < -0.4 is 15.4 Å². The molecular formula is C23H31N3O4S2. The highest BCUT2D eigenvalue weighted by Gasteiger charge is 2.27. The minimum atomic E-state index is -3.91. The predicted molar refractivity (Wildman–Crippen MR) is 131 cm³/mol. The van der Waals surface area contributed by atoms with Crippen molar-refractivity contribution in [3.8, 4) is 0 Å². The van der Waals surface area contributed by atoms with Crippen LogP contribution in [0.2, 0.25) is 0 Å². The monoisotopic (exact) mass is 477 g/mol. The van der Waals surface area contributed by atoms with Crippen LogP contribution in [0.1, 0.15) is 28.7 Å². The van der Waals surface area contributed by atoms with Crippen molar-refractivity contribution < 1.29 is 18.0 Å². The minimum Gasteiger partial charge on any atom is -0.346 e. The Hall–Kier alpha value is -2.36. The minimum absolute atomic E-state index is 0.146. The fourth-order valence-corrected chi connectivity index (χ4v) is 5.24. The third kappa shape index (κ3) is 7.08. The van der Waals surface area contributed by atoms with Gasteiger partial charge in [0, 0.05) is 5.69 Å². The number of carbonyl (C=O) groups excluding carboxylic acids is 2. The van der Waals surface area contributed by atoms with Gasteiger partial charge in [0.05, 0.1) is 11.4 Å². The van der Waals surface area contributed by atoms with E-state index in [1.807, 2.05) is 51.3 Å². The number of aryl methyl sites for hydroxylation is 4. The van der Waals surface area contributed by atoms with Gasteiger partial charge < -0.3 is 10.6 Å². The number of sulfonamides is 1. The number of thioether (sulfide) groups is 1. The number of hydrogen-bond donors (Lipinski definition) is 3. The Bertz CT molecular complexity index is 1060. The topological polar surface area (TPSA) is 104 Å². The number of carbonyl (C=O) groups is 2. The summed E-state index contributed by atoms with van der Waals surface area (Å²) in [5.74, 6) is -0.330. The summed E-state index contributed by atoms with van der Waals surface area (Å²) in [6, 6.07) is 9.85. The fraction of sp³-hybridized carbons (Fsp3) is 0.391. The van der Waals surface area contributed by atoms with Crippen molar-refractivity contribution in [2.24, 2.45) is 0 Å². The summed E-state index contributed by atoms with van der Waals surface area (Å²) in [5, 5.41) is 5.37. The largest absolute Gasteiger partial charge is 0.346 e. The molecule has 2 amide bonds. The lowest BCUT2D eigenvalue weighted by molar-refractivity contribution is -0.125. The second-order valence-corrected chi connectivity index (χ2v) is 10.4. The molecule has 0 fully saturated rings. The molecule has 0 aliphatic carbocycles. The maximum atomic E-state index is 13.0. The van der Waals surface area contributed by atoms with Gasteiger partial charge in [-0.2, -0.15) is 16.5 Å². The number of nitrogens with one attached hydrogen (secondary N) is 3. The van der Waals surface area contributed by atoms with Gasteiger partial charge in [-0.25, -0.2) is 8.42 Å². The molecule has 9 heteroatoms. The van der Waals surface area contributed by atoms with Crippen LogP contribution in [0, 0.1) is 27.7 Å². The maximum Gasteiger partial charge on any atom is 0.243 e. The summed E-state index contributed by atoms with van der Waals surface area (Å²) in [6.07, 6.45) is 2.18. The van der Waals surface area contributed by atoms with E-state index in [9.17, 15) is 18.0 Å². The number of amides is 2. The summed E-state index contributed by atoms with van der Waals surface area (Å²) in [5.41, 5.74) is 3.96. The molecule has 0 bridgehead atoms. The third-order valence-corrected chi connectivity index (χ3v) is 7.28. The first-order valence-corrected chi connectivity index (χ1v) is 13.1. The number of rotatable bonds is 10. The Balaban J connectivity index is 2.09. The molecule has 2 rings (SSSR count). The van der Waals surface area contributed by atoms with Gasteiger partial charge in [0.1, 0.15) is 6.04 Å². The molecule has 0 aromatic heterocycles. The summed E-state index contributed by atoms with van der Waals surface area (Å²) >= 11 is 1.51. The van der Waals surface area contributed by atoms with E-state index in [1.54, 1.807) is 19.1 Å². The predicted octanol–water partition coefficient (Wildman–Crippen LogP) is 3.08. The van der Waals surface area contributed by atoms with E-state index >= 15 is 0 Å². The van der Waals surface area contributed by atoms with Crippen LogP contribution in [0.25, 0.3) is 0 Å². The quantitative estimate of drug-likeness (QED) is 0.488. The van der Waals surface area contributed by atoms with Crippen molar-refractivity contribution in [2.75, 3.05) is 23.9 Å². The molecule has 3 N–H and O–H groups in total. The van der Waals surface area contributed by atoms with Gasteiger partial charge in [-0.05, 0) is 74.4 Å². The van der Waals surface area contributed by atoms with Gasteiger partial charge in [-0.3, -0.25) is 9.59 Å². The smallest absolute Gasteiger partial charge is 0.243 e. The average molecular weight is 478 g/mol. The highest BCUT2D eigenvalue weighted by molar-refractivity contribution is 7.98. The van der Waals surface area contributed by atoms with Gasteiger partial charge in [0.25, 0.3) is 0 Å². The summed E-state index contributed by atoms with van der Waals surface area (Å²) in [4.78, 5) is 25.3. The first-order chi connectivity index (χ1) is 15.0. The molecule has 174 valence electrons. The molecule has 0 aliphatic heterocycles. The SMILES string of the molecule is CSCCC(NS(=O)(=O)c1cc(C)ccc1C)C(=O)NCC(=O)Nc1c(C)cccc1C. The van der Waals surface area contributed by atoms with E-state index in [4.69, 9.17) is 0 Å². The standard InChI is InChI=1S/C23H31N3O4S2/c1-15-9-10-16(2)20(13-15)32(29,30)26-19(11-12-31-5)23(28)24-14-21(27)25-22-17(3)7-6-8-18(22)4/h6-10,13,19,26H,11-12,14H2,1-5H3,(H,24,28)(H,25,27). The van der Waals surface area contributed by atoms with E-state index in [-0.39, 0.29) is 17.3 Å². The molecular weight excluding hydrogens is 446 g/mol. The van der Waals surface area contributed by atoms with Gasteiger partial charge in [0.15, 0.2) is 0 Å². The summed E-state index contributed by atoms with van der Waals surface area (Å²) < 4.78 is 28.4. The molecule has 2 aromatic carbocycles. The van der Waals surface area contributed by atoms with E-state index in [0.717, 1.165) is 16.7 Å². The molecule has 0 saturated heterocycles. The van der Waals surface area contributed by atoms with Crippen molar-refractivity contribution in [3.05, 3.63) is 58.7 Å². The van der Waals surface area contributed by atoms with Crippen LogP contribution in [-0.4, -0.2) is 44.8 Å². The van der Waals surface area contributed by atoms with Gasteiger partial charge in [-0.15, -0.1) is 0 Å². The normalized spacial score (nSPS) is 12.3. The first kappa shape index (κ1) is 25.9. The molecule has 0 heterocycles. The fourth-order valence-electron chi connectivity index (χ4n) is 3.21. The zero-order valence-electron chi connectivity index (χ0n) is 19.1. The lowest BCUT2D eigenvalue weighted by Crippen LogP contribution is -2.48. The van der Waals surface area contributed by atoms with Crippen LogP contribution >= 0.6 is 11.8 Å². The Morgan fingerprint density at radius 2 is 1.66 bits per heavy atom. The van der Waals surface area contributed by atoms with Crippen molar-refractivity contribution >= 4 is 39.3 Å². The highest BCUT2D eigenvalue weighted by atomic mass is 32.2. The first-order valence-electron chi connectivity index (χ1n) is 10.3. The molecule has 0 spiro atoms. The van der Waals surface area contributed by atoms with Crippen molar-refractivity contribution in [1.82, 2.24) is 10.0 Å². The zero-order chi connectivity index (χ0) is 23.9. The molecule has 1 unspecified atom stereocenters. The van der Waals surface area contributed by atoms with E-state index < -0.39 is 22.0 Å². The van der Waals surface area contributed by atoms with E-state index in [1.165, 1.54) is 11.8 Å². The number of para-hydroxylation sites is 1. The van der Waals surface area contributed by atoms with Gasteiger partial charge in [0.2, 0.25) is 21.8 Å². The Labute approximate surface area is 194 Å². The number of benzene rings is 2. The van der Waals surface area contributed by atoms with Crippen LogP contribution in [0.15, 0.2) is 41.3 Å². The summed E-state index contributed by atoms with van der Waals surface area (Å²) in [7, 11) is -3.91. The van der Waals surface area contributed by atoms with Crippen LogP contribution in [0.3, 0.4) is 0 Å². The average Bonchev–Trinajstić information content (AvgIpc) is 2.73. The van der Waals surface area contributed by atoms with Crippen LogP contribution in [-0.2, 0) is 19.6 Å². The Morgan fingerprint density at radius 1 is 1.00 bits per heavy atom. The Kier molecular flexibility index (Phi) is 9.30.